The van der Waals surface area contributed by atoms with Crippen molar-refractivity contribution in [3.8, 4) is 0 Å². The summed E-state index contributed by atoms with van der Waals surface area (Å²) >= 11 is 1.83. The summed E-state index contributed by atoms with van der Waals surface area (Å²) < 4.78 is 0. The lowest BCUT2D eigenvalue weighted by molar-refractivity contribution is -0.120. The number of carbonyl (C=O) groups is 1. The average Bonchev–Trinajstić information content (AvgIpc) is 2.51. The lowest BCUT2D eigenvalue weighted by Gasteiger charge is -2.37. The van der Waals surface area contributed by atoms with Gasteiger partial charge in [0.15, 0.2) is 0 Å². The van der Waals surface area contributed by atoms with Crippen LogP contribution in [0.15, 0.2) is 59.5 Å². The second-order valence-electron chi connectivity index (χ2n) is 5.03. The van der Waals surface area contributed by atoms with E-state index in [1.807, 2.05) is 28.8 Å². The van der Waals surface area contributed by atoms with Gasteiger partial charge in [0.2, 0.25) is 6.41 Å². The van der Waals surface area contributed by atoms with E-state index in [1.165, 1.54) is 16.0 Å². The molecule has 2 aromatic carbocycles. The third-order valence-electron chi connectivity index (χ3n) is 3.82. The Bertz CT molecular complexity index is 599. The first-order valence-corrected chi connectivity index (χ1v) is 7.69. The molecule has 0 bridgehead atoms. The van der Waals surface area contributed by atoms with Gasteiger partial charge in [-0.25, -0.2) is 0 Å². The highest BCUT2D eigenvalue weighted by molar-refractivity contribution is 7.99. The third-order valence-corrected chi connectivity index (χ3v) is 5.06. The maximum atomic E-state index is 11.3. The molecule has 3 rings (SSSR count). The van der Waals surface area contributed by atoms with Crippen LogP contribution in [0.25, 0.3) is 0 Å². The first-order valence-electron chi connectivity index (χ1n) is 6.81. The van der Waals surface area contributed by atoms with Crippen molar-refractivity contribution < 1.29 is 4.79 Å². The Balaban J connectivity index is 1.94. The number of thioether (sulfide) groups is 1. The van der Waals surface area contributed by atoms with E-state index >= 15 is 0 Å². The minimum Gasteiger partial charge on any atom is -0.337 e. The summed E-state index contributed by atoms with van der Waals surface area (Å²) in [7, 11) is 0. The largest absolute Gasteiger partial charge is 0.337 e. The van der Waals surface area contributed by atoms with Crippen molar-refractivity contribution in [3.63, 3.8) is 0 Å². The number of rotatable bonds is 3. The third kappa shape index (κ3) is 2.46. The van der Waals surface area contributed by atoms with Crippen LogP contribution in [0, 0.1) is 0 Å². The highest BCUT2D eigenvalue weighted by Gasteiger charge is 2.29. The van der Waals surface area contributed by atoms with Gasteiger partial charge in [-0.2, -0.15) is 0 Å². The van der Waals surface area contributed by atoms with Gasteiger partial charge in [-0.05, 0) is 30.2 Å². The van der Waals surface area contributed by atoms with Gasteiger partial charge in [-0.1, -0.05) is 42.5 Å². The van der Waals surface area contributed by atoms with Gasteiger partial charge in [-0.3, -0.25) is 4.79 Å². The lowest BCUT2D eigenvalue weighted by Crippen LogP contribution is -2.34. The van der Waals surface area contributed by atoms with Crippen LogP contribution >= 0.6 is 11.8 Å². The van der Waals surface area contributed by atoms with Crippen molar-refractivity contribution in [3.05, 3.63) is 65.7 Å². The first kappa shape index (κ1) is 13.3. The van der Waals surface area contributed by atoms with Crippen molar-refractivity contribution in [1.29, 1.82) is 0 Å². The standard InChI is InChI=1S/C17H17NOS/c1-13-15-9-5-6-10-16(15)17(11-18(13)12-19)20-14-7-3-2-4-8-14/h2-10,12-13,17H,11H2,1H3. The topological polar surface area (TPSA) is 20.3 Å². The molecule has 0 fully saturated rings. The molecule has 0 aliphatic carbocycles. The summed E-state index contributed by atoms with van der Waals surface area (Å²) in [5.41, 5.74) is 2.62. The summed E-state index contributed by atoms with van der Waals surface area (Å²) in [5.74, 6) is 0. The van der Waals surface area contributed by atoms with E-state index in [0.29, 0.717) is 5.25 Å². The van der Waals surface area contributed by atoms with Gasteiger partial charge < -0.3 is 4.90 Å². The fourth-order valence-electron chi connectivity index (χ4n) is 2.71. The van der Waals surface area contributed by atoms with Crippen LogP contribution < -0.4 is 0 Å². The molecule has 102 valence electrons. The van der Waals surface area contributed by atoms with Gasteiger partial charge in [0, 0.05) is 11.4 Å². The Morgan fingerprint density at radius 3 is 2.40 bits per heavy atom. The number of benzene rings is 2. The van der Waals surface area contributed by atoms with Crippen LogP contribution in [-0.4, -0.2) is 17.9 Å². The van der Waals surface area contributed by atoms with E-state index in [4.69, 9.17) is 0 Å². The second kappa shape index (κ2) is 5.71. The van der Waals surface area contributed by atoms with Crippen molar-refractivity contribution >= 4 is 18.2 Å². The number of hydrogen-bond acceptors (Lipinski definition) is 2. The van der Waals surface area contributed by atoms with Gasteiger partial charge in [0.05, 0.1) is 11.3 Å². The molecule has 1 heterocycles. The molecule has 2 nitrogen and oxygen atoms in total. The minimum absolute atomic E-state index is 0.163. The predicted molar refractivity (Wildman–Crippen MR) is 82.7 cm³/mol. The normalized spacial score (nSPS) is 21.4. The van der Waals surface area contributed by atoms with Crippen LogP contribution in [0.2, 0.25) is 0 Å². The van der Waals surface area contributed by atoms with Crippen LogP contribution in [0.5, 0.6) is 0 Å². The van der Waals surface area contributed by atoms with E-state index in [9.17, 15) is 4.79 Å². The Morgan fingerprint density at radius 1 is 1.05 bits per heavy atom. The van der Waals surface area contributed by atoms with Crippen LogP contribution in [0.1, 0.15) is 29.3 Å². The molecule has 1 amide bonds. The summed E-state index contributed by atoms with van der Waals surface area (Å²) in [6.45, 7) is 2.86. The quantitative estimate of drug-likeness (QED) is 0.792. The van der Waals surface area contributed by atoms with Crippen LogP contribution in [0.4, 0.5) is 0 Å². The number of nitrogens with zero attached hydrogens (tertiary/aromatic N) is 1. The Kier molecular flexibility index (Phi) is 3.79. The molecule has 2 atom stereocenters. The maximum Gasteiger partial charge on any atom is 0.210 e. The highest BCUT2D eigenvalue weighted by Crippen LogP contribution is 2.43. The predicted octanol–water partition coefficient (Wildman–Crippen LogP) is 4.05. The van der Waals surface area contributed by atoms with E-state index in [-0.39, 0.29) is 6.04 Å². The highest BCUT2D eigenvalue weighted by atomic mass is 32.2. The van der Waals surface area contributed by atoms with Crippen LogP contribution in [0.3, 0.4) is 0 Å². The first-order chi connectivity index (χ1) is 9.79. The number of amides is 1. The molecular formula is C17H17NOS. The Hall–Kier alpha value is -1.74. The fraction of sp³-hybridized carbons (Fsp3) is 0.235. The molecule has 2 aromatic rings. The molecule has 0 radical (unpaired) electrons. The molecule has 20 heavy (non-hydrogen) atoms. The molecule has 0 aromatic heterocycles. The van der Waals surface area contributed by atoms with Gasteiger partial charge in [0.25, 0.3) is 0 Å². The summed E-state index contributed by atoms with van der Waals surface area (Å²) in [5, 5.41) is 0.301. The van der Waals surface area contributed by atoms with Crippen molar-refractivity contribution in [2.75, 3.05) is 6.54 Å². The molecule has 0 saturated heterocycles. The monoisotopic (exact) mass is 283 g/mol. The molecule has 0 spiro atoms. The number of hydrogen-bond donors (Lipinski definition) is 0. The van der Waals surface area contributed by atoms with Crippen molar-refractivity contribution in [1.82, 2.24) is 4.90 Å². The SMILES string of the molecule is CC1c2ccccc2C(Sc2ccccc2)CN1C=O. The van der Waals surface area contributed by atoms with E-state index in [2.05, 4.69) is 49.4 Å². The molecule has 1 aliphatic rings. The maximum absolute atomic E-state index is 11.3. The van der Waals surface area contributed by atoms with Gasteiger partial charge in [-0.15, -0.1) is 11.8 Å². The molecule has 1 aliphatic heterocycles. The minimum atomic E-state index is 0.163. The molecular weight excluding hydrogens is 266 g/mol. The zero-order chi connectivity index (χ0) is 13.9. The second-order valence-corrected chi connectivity index (χ2v) is 6.30. The van der Waals surface area contributed by atoms with Crippen molar-refractivity contribution in [2.24, 2.45) is 0 Å². The Morgan fingerprint density at radius 2 is 1.70 bits per heavy atom. The molecule has 2 unspecified atom stereocenters. The number of fused-ring (bicyclic) bond motifs is 1. The van der Waals surface area contributed by atoms with Crippen LogP contribution in [-0.2, 0) is 4.79 Å². The Labute approximate surface area is 123 Å². The van der Waals surface area contributed by atoms with Gasteiger partial charge >= 0.3 is 0 Å². The van der Waals surface area contributed by atoms with E-state index in [1.54, 1.807) is 0 Å². The smallest absolute Gasteiger partial charge is 0.210 e. The molecule has 0 saturated carbocycles. The molecule has 3 heteroatoms. The zero-order valence-electron chi connectivity index (χ0n) is 11.4. The number of carbonyl (C=O) groups excluding carboxylic acids is 1. The summed E-state index contributed by atoms with van der Waals surface area (Å²) in [4.78, 5) is 14.4. The summed E-state index contributed by atoms with van der Waals surface area (Å²) in [6, 6.07) is 19.0. The molecule has 0 N–H and O–H groups in total. The van der Waals surface area contributed by atoms with E-state index in [0.717, 1.165) is 13.0 Å². The van der Waals surface area contributed by atoms with Gasteiger partial charge in [0.1, 0.15) is 0 Å². The fourth-order valence-corrected chi connectivity index (χ4v) is 3.94. The van der Waals surface area contributed by atoms with Crippen molar-refractivity contribution in [2.45, 2.75) is 23.1 Å². The van der Waals surface area contributed by atoms with E-state index < -0.39 is 0 Å². The zero-order valence-corrected chi connectivity index (χ0v) is 12.2. The summed E-state index contributed by atoms with van der Waals surface area (Å²) in [6.07, 6.45) is 0.971. The average molecular weight is 283 g/mol. The lowest BCUT2D eigenvalue weighted by atomic mass is 9.94.